The molecule has 0 fully saturated rings. The van der Waals surface area contributed by atoms with Crippen molar-refractivity contribution in [1.82, 2.24) is 4.72 Å². The van der Waals surface area contributed by atoms with E-state index in [4.69, 9.17) is 0 Å². The van der Waals surface area contributed by atoms with Gasteiger partial charge in [-0.15, -0.1) is 0 Å². The highest BCUT2D eigenvalue weighted by atomic mass is 32.2. The number of anilines is 1. The number of sulfonamides is 1. The minimum Gasteiger partial charge on any atom is -0.370 e. The third kappa shape index (κ3) is 3.32. The topological polar surface area (TPSA) is 49.4 Å². The zero-order chi connectivity index (χ0) is 17.2. The van der Waals surface area contributed by atoms with Crippen LogP contribution in [-0.2, 0) is 16.4 Å². The molecule has 128 valence electrons. The van der Waals surface area contributed by atoms with Crippen molar-refractivity contribution in [3.05, 3.63) is 59.7 Å². The second kappa shape index (κ2) is 6.95. The maximum Gasteiger partial charge on any atom is 0.240 e. The van der Waals surface area contributed by atoms with Gasteiger partial charge in [-0.2, -0.15) is 0 Å². The average molecular weight is 344 g/mol. The molecule has 0 unspecified atom stereocenters. The van der Waals surface area contributed by atoms with Gasteiger partial charge in [-0.3, -0.25) is 0 Å². The summed E-state index contributed by atoms with van der Waals surface area (Å²) in [5.74, 6) is 0.484. The standard InChI is InChI=1S/C19H24N2O2S/c1-3-15(16-7-5-4-6-8-16)14-21-12-11-17-13-18(9-10-19(17)21)24(22,23)20-2/h4-10,13,15,20H,3,11-12,14H2,1-2H3/t15-/m0/s1. The zero-order valence-corrected chi connectivity index (χ0v) is 15.0. The molecule has 2 aromatic carbocycles. The summed E-state index contributed by atoms with van der Waals surface area (Å²) in [6.45, 7) is 4.13. The molecule has 3 rings (SSSR count). The lowest BCUT2D eigenvalue weighted by atomic mass is 9.96. The fourth-order valence-electron chi connectivity index (χ4n) is 3.38. The van der Waals surface area contributed by atoms with Crippen LogP contribution in [0.5, 0.6) is 0 Å². The maximum atomic E-state index is 12.0. The molecule has 1 atom stereocenters. The van der Waals surface area contributed by atoms with Crippen molar-refractivity contribution in [1.29, 1.82) is 0 Å². The summed E-state index contributed by atoms with van der Waals surface area (Å²) in [5, 5.41) is 0. The monoisotopic (exact) mass is 344 g/mol. The molecule has 1 aliphatic rings. The van der Waals surface area contributed by atoms with Crippen molar-refractivity contribution in [3.63, 3.8) is 0 Å². The van der Waals surface area contributed by atoms with Crippen molar-refractivity contribution in [2.24, 2.45) is 0 Å². The number of nitrogens with one attached hydrogen (secondary N) is 1. The van der Waals surface area contributed by atoms with E-state index in [1.54, 1.807) is 6.07 Å². The Morgan fingerprint density at radius 1 is 1.17 bits per heavy atom. The van der Waals surface area contributed by atoms with E-state index < -0.39 is 10.0 Å². The van der Waals surface area contributed by atoms with Gasteiger partial charge in [0.15, 0.2) is 0 Å². The van der Waals surface area contributed by atoms with Crippen molar-refractivity contribution < 1.29 is 8.42 Å². The summed E-state index contributed by atoms with van der Waals surface area (Å²) in [6, 6.07) is 16.1. The van der Waals surface area contributed by atoms with Crippen LogP contribution in [0, 0.1) is 0 Å². The van der Waals surface area contributed by atoms with Crippen LogP contribution in [0.1, 0.15) is 30.4 Å². The molecule has 0 saturated carbocycles. The van der Waals surface area contributed by atoms with Crippen LogP contribution in [0.2, 0.25) is 0 Å². The van der Waals surface area contributed by atoms with Crippen molar-refractivity contribution in [2.45, 2.75) is 30.6 Å². The average Bonchev–Trinajstić information content (AvgIpc) is 3.02. The van der Waals surface area contributed by atoms with Crippen molar-refractivity contribution >= 4 is 15.7 Å². The van der Waals surface area contributed by atoms with Gasteiger partial charge in [0, 0.05) is 24.7 Å². The highest BCUT2D eigenvalue weighted by molar-refractivity contribution is 7.89. The van der Waals surface area contributed by atoms with Gasteiger partial charge in [-0.05, 0) is 49.2 Å². The van der Waals surface area contributed by atoms with Crippen LogP contribution in [0.4, 0.5) is 5.69 Å². The molecule has 5 heteroatoms. The van der Waals surface area contributed by atoms with Crippen LogP contribution in [0.25, 0.3) is 0 Å². The molecule has 0 aromatic heterocycles. The van der Waals surface area contributed by atoms with Crippen LogP contribution in [0.3, 0.4) is 0 Å². The molecule has 1 N–H and O–H groups in total. The minimum absolute atomic E-state index is 0.348. The van der Waals surface area contributed by atoms with Gasteiger partial charge in [0.1, 0.15) is 0 Å². The third-order valence-electron chi connectivity index (χ3n) is 4.83. The zero-order valence-electron chi connectivity index (χ0n) is 14.2. The van der Waals surface area contributed by atoms with Crippen LogP contribution >= 0.6 is 0 Å². The van der Waals surface area contributed by atoms with Gasteiger partial charge in [-0.25, -0.2) is 13.1 Å². The van der Waals surface area contributed by atoms with E-state index in [2.05, 4.69) is 40.8 Å². The number of rotatable bonds is 6. The smallest absolute Gasteiger partial charge is 0.240 e. The predicted molar refractivity (Wildman–Crippen MR) is 98.1 cm³/mol. The van der Waals surface area contributed by atoms with E-state index in [1.165, 1.54) is 18.3 Å². The highest BCUT2D eigenvalue weighted by Gasteiger charge is 2.24. The van der Waals surface area contributed by atoms with Gasteiger partial charge in [0.05, 0.1) is 4.90 Å². The summed E-state index contributed by atoms with van der Waals surface area (Å²) in [6.07, 6.45) is 1.98. The lowest BCUT2D eigenvalue weighted by Gasteiger charge is -2.26. The maximum absolute atomic E-state index is 12.0. The quantitative estimate of drug-likeness (QED) is 0.876. The molecule has 0 spiro atoms. The molecule has 1 heterocycles. The van der Waals surface area contributed by atoms with Gasteiger partial charge >= 0.3 is 0 Å². The van der Waals surface area contributed by atoms with Gasteiger partial charge in [-0.1, -0.05) is 37.3 Å². The Morgan fingerprint density at radius 2 is 1.92 bits per heavy atom. The SMILES string of the molecule is CC[C@@H](CN1CCc2cc(S(=O)(=O)NC)ccc21)c1ccccc1. The first-order valence-corrected chi connectivity index (χ1v) is 9.90. The van der Waals surface area contributed by atoms with E-state index in [0.717, 1.165) is 31.5 Å². The fourth-order valence-corrected chi connectivity index (χ4v) is 4.16. The van der Waals surface area contributed by atoms with E-state index in [9.17, 15) is 8.42 Å². The Balaban J connectivity index is 1.82. The molecule has 4 nitrogen and oxygen atoms in total. The Hall–Kier alpha value is -1.85. The number of hydrogen-bond donors (Lipinski definition) is 1. The minimum atomic E-state index is -3.38. The van der Waals surface area contributed by atoms with Crippen molar-refractivity contribution in [3.8, 4) is 0 Å². The molecular weight excluding hydrogens is 320 g/mol. The summed E-state index contributed by atoms with van der Waals surface area (Å²) < 4.78 is 26.3. The normalized spacial score (nSPS) is 15.3. The van der Waals surface area contributed by atoms with Gasteiger partial charge < -0.3 is 4.90 Å². The van der Waals surface area contributed by atoms with E-state index in [0.29, 0.717) is 10.8 Å². The summed E-state index contributed by atoms with van der Waals surface area (Å²) >= 11 is 0. The molecule has 2 aromatic rings. The summed E-state index contributed by atoms with van der Waals surface area (Å²) in [7, 11) is -1.93. The Labute approximate surface area is 144 Å². The second-order valence-corrected chi connectivity index (χ2v) is 8.10. The summed E-state index contributed by atoms with van der Waals surface area (Å²) in [4.78, 5) is 2.73. The van der Waals surface area contributed by atoms with E-state index >= 15 is 0 Å². The van der Waals surface area contributed by atoms with Crippen LogP contribution < -0.4 is 9.62 Å². The first-order chi connectivity index (χ1) is 11.5. The molecular formula is C19H24N2O2S. The lowest BCUT2D eigenvalue weighted by molar-refractivity contribution is 0.588. The molecule has 0 bridgehead atoms. The Morgan fingerprint density at radius 3 is 2.58 bits per heavy atom. The molecule has 0 saturated heterocycles. The third-order valence-corrected chi connectivity index (χ3v) is 6.24. The van der Waals surface area contributed by atoms with E-state index in [1.807, 2.05) is 18.2 Å². The molecule has 0 radical (unpaired) electrons. The largest absolute Gasteiger partial charge is 0.370 e. The van der Waals surface area contributed by atoms with Crippen molar-refractivity contribution in [2.75, 3.05) is 25.0 Å². The van der Waals surface area contributed by atoms with Gasteiger partial charge in [0.25, 0.3) is 0 Å². The molecule has 0 aliphatic carbocycles. The predicted octanol–water partition coefficient (Wildman–Crippen LogP) is 3.15. The Bertz CT molecular complexity index is 803. The number of fused-ring (bicyclic) bond motifs is 1. The van der Waals surface area contributed by atoms with Gasteiger partial charge in [0.2, 0.25) is 10.0 Å². The number of hydrogen-bond acceptors (Lipinski definition) is 3. The van der Waals surface area contributed by atoms with Crippen LogP contribution in [-0.4, -0.2) is 28.6 Å². The summed E-state index contributed by atoms with van der Waals surface area (Å²) in [5.41, 5.74) is 3.65. The number of nitrogens with zero attached hydrogens (tertiary/aromatic N) is 1. The molecule has 24 heavy (non-hydrogen) atoms. The fraction of sp³-hybridized carbons (Fsp3) is 0.368. The second-order valence-electron chi connectivity index (χ2n) is 6.21. The highest BCUT2D eigenvalue weighted by Crippen LogP contribution is 2.32. The van der Waals surface area contributed by atoms with E-state index in [-0.39, 0.29) is 0 Å². The lowest BCUT2D eigenvalue weighted by Crippen LogP contribution is -2.26. The molecule has 0 amide bonds. The number of benzene rings is 2. The van der Waals surface area contributed by atoms with Crippen LogP contribution in [0.15, 0.2) is 53.4 Å². The Kier molecular flexibility index (Phi) is 4.92. The first kappa shape index (κ1) is 17.0. The first-order valence-electron chi connectivity index (χ1n) is 8.41. The molecule has 1 aliphatic heterocycles.